The van der Waals surface area contributed by atoms with Crippen LogP contribution in [-0.2, 0) is 7.05 Å². The monoisotopic (exact) mass is 252 g/mol. The van der Waals surface area contributed by atoms with E-state index in [2.05, 4.69) is 55.9 Å². The predicted octanol–water partition coefficient (Wildman–Crippen LogP) is 3.65. The normalized spacial score (nSPS) is 14.4. The Hall–Kier alpha value is -0.990. The SMILES string of the molecule is CCC(C)[C@@H](N)c1cn(C)c2ccccc12.Cl. The van der Waals surface area contributed by atoms with Crippen molar-refractivity contribution in [2.45, 2.75) is 26.3 Å². The van der Waals surface area contributed by atoms with E-state index in [1.165, 1.54) is 16.5 Å². The van der Waals surface area contributed by atoms with Gasteiger partial charge in [-0.15, -0.1) is 12.4 Å². The van der Waals surface area contributed by atoms with Crippen molar-refractivity contribution < 1.29 is 0 Å². The van der Waals surface area contributed by atoms with E-state index >= 15 is 0 Å². The zero-order valence-electron chi connectivity index (χ0n) is 10.7. The van der Waals surface area contributed by atoms with Gasteiger partial charge < -0.3 is 10.3 Å². The molecule has 0 fully saturated rings. The van der Waals surface area contributed by atoms with Crippen molar-refractivity contribution >= 4 is 23.3 Å². The van der Waals surface area contributed by atoms with Crippen LogP contribution in [0.25, 0.3) is 10.9 Å². The maximum atomic E-state index is 6.32. The molecule has 0 saturated heterocycles. The minimum atomic E-state index is 0. The highest BCUT2D eigenvalue weighted by atomic mass is 35.5. The number of fused-ring (bicyclic) bond motifs is 1. The van der Waals surface area contributed by atoms with Crippen LogP contribution in [-0.4, -0.2) is 4.57 Å². The summed E-state index contributed by atoms with van der Waals surface area (Å²) in [6.07, 6.45) is 3.28. The first kappa shape index (κ1) is 14.1. The molecule has 2 N–H and O–H groups in total. The van der Waals surface area contributed by atoms with Gasteiger partial charge in [0.25, 0.3) is 0 Å². The summed E-state index contributed by atoms with van der Waals surface area (Å²) in [6.45, 7) is 4.40. The Bertz CT molecular complexity index is 490. The lowest BCUT2D eigenvalue weighted by molar-refractivity contribution is 0.458. The number of hydrogen-bond donors (Lipinski definition) is 1. The van der Waals surface area contributed by atoms with Crippen molar-refractivity contribution in [3.63, 3.8) is 0 Å². The van der Waals surface area contributed by atoms with E-state index in [0.717, 1.165) is 6.42 Å². The lowest BCUT2D eigenvalue weighted by Gasteiger charge is -2.17. The molecule has 0 amide bonds. The van der Waals surface area contributed by atoms with Gasteiger partial charge in [0.2, 0.25) is 0 Å². The Kier molecular flexibility index (Phi) is 4.61. The minimum Gasteiger partial charge on any atom is -0.350 e. The van der Waals surface area contributed by atoms with Gasteiger partial charge in [-0.25, -0.2) is 0 Å². The fourth-order valence-corrected chi connectivity index (χ4v) is 2.20. The van der Waals surface area contributed by atoms with Gasteiger partial charge in [0, 0.05) is 30.2 Å². The second-order valence-electron chi connectivity index (χ2n) is 4.62. The van der Waals surface area contributed by atoms with Gasteiger partial charge in [-0.05, 0) is 17.5 Å². The molecule has 2 aromatic rings. The number of aromatic nitrogens is 1. The first-order chi connectivity index (χ1) is 7.65. The number of hydrogen-bond acceptors (Lipinski definition) is 1. The lowest BCUT2D eigenvalue weighted by Crippen LogP contribution is -2.18. The van der Waals surface area contributed by atoms with E-state index in [1.54, 1.807) is 0 Å². The second kappa shape index (κ2) is 5.56. The Labute approximate surface area is 109 Å². The van der Waals surface area contributed by atoms with E-state index in [0.29, 0.717) is 5.92 Å². The summed E-state index contributed by atoms with van der Waals surface area (Å²) in [6, 6.07) is 8.58. The molecule has 0 bridgehead atoms. The largest absolute Gasteiger partial charge is 0.350 e. The number of nitrogens with two attached hydrogens (primary N) is 1. The van der Waals surface area contributed by atoms with Crippen LogP contribution in [0.1, 0.15) is 31.9 Å². The van der Waals surface area contributed by atoms with Crippen LogP contribution in [0.2, 0.25) is 0 Å². The number of rotatable bonds is 3. The molecule has 2 nitrogen and oxygen atoms in total. The molecular weight excluding hydrogens is 232 g/mol. The molecule has 0 aliphatic carbocycles. The summed E-state index contributed by atoms with van der Waals surface area (Å²) in [7, 11) is 2.08. The van der Waals surface area contributed by atoms with E-state index < -0.39 is 0 Å². The Morgan fingerprint density at radius 2 is 1.94 bits per heavy atom. The van der Waals surface area contributed by atoms with Crippen molar-refractivity contribution in [3.8, 4) is 0 Å². The molecule has 2 rings (SSSR count). The van der Waals surface area contributed by atoms with Crippen LogP contribution < -0.4 is 5.73 Å². The smallest absolute Gasteiger partial charge is 0.0481 e. The summed E-state index contributed by atoms with van der Waals surface area (Å²) in [4.78, 5) is 0. The summed E-state index contributed by atoms with van der Waals surface area (Å²) in [5, 5.41) is 1.29. The zero-order chi connectivity index (χ0) is 11.7. The fourth-order valence-electron chi connectivity index (χ4n) is 2.20. The van der Waals surface area contributed by atoms with E-state index in [1.807, 2.05) is 0 Å². The third-order valence-corrected chi connectivity index (χ3v) is 3.54. The van der Waals surface area contributed by atoms with Gasteiger partial charge in [-0.1, -0.05) is 38.5 Å². The molecule has 2 atom stereocenters. The molecule has 0 spiro atoms. The summed E-state index contributed by atoms with van der Waals surface area (Å²) in [5.74, 6) is 0.519. The molecule has 1 unspecified atom stereocenters. The van der Waals surface area contributed by atoms with Crippen LogP contribution in [0.3, 0.4) is 0 Å². The highest BCUT2D eigenvalue weighted by molar-refractivity contribution is 5.85. The van der Waals surface area contributed by atoms with Gasteiger partial charge in [-0.3, -0.25) is 0 Å². The number of halogens is 1. The molecule has 17 heavy (non-hydrogen) atoms. The van der Waals surface area contributed by atoms with Crippen molar-refractivity contribution in [1.29, 1.82) is 0 Å². The molecule has 0 radical (unpaired) electrons. The van der Waals surface area contributed by atoms with Crippen LogP contribution in [0.4, 0.5) is 0 Å². The highest BCUT2D eigenvalue weighted by Crippen LogP contribution is 2.29. The average Bonchev–Trinajstić information content (AvgIpc) is 2.65. The van der Waals surface area contributed by atoms with E-state index in [-0.39, 0.29) is 18.4 Å². The second-order valence-corrected chi connectivity index (χ2v) is 4.62. The highest BCUT2D eigenvalue weighted by Gasteiger charge is 2.17. The molecule has 0 aliphatic heterocycles. The molecule has 1 aromatic heterocycles. The average molecular weight is 253 g/mol. The van der Waals surface area contributed by atoms with Crippen molar-refractivity contribution in [3.05, 3.63) is 36.0 Å². The van der Waals surface area contributed by atoms with Crippen molar-refractivity contribution in [2.75, 3.05) is 0 Å². The van der Waals surface area contributed by atoms with E-state index in [9.17, 15) is 0 Å². The predicted molar refractivity (Wildman–Crippen MR) is 76.6 cm³/mol. The first-order valence-corrected chi connectivity index (χ1v) is 5.94. The third kappa shape index (κ3) is 2.48. The summed E-state index contributed by atoms with van der Waals surface area (Å²) >= 11 is 0. The Balaban J connectivity index is 0.00000144. The Morgan fingerprint density at radius 3 is 2.59 bits per heavy atom. The number of aryl methyl sites for hydroxylation is 1. The van der Waals surface area contributed by atoms with Crippen molar-refractivity contribution in [2.24, 2.45) is 18.7 Å². The number of nitrogens with zero attached hydrogens (tertiary/aromatic N) is 1. The lowest BCUT2D eigenvalue weighted by atomic mass is 9.93. The van der Waals surface area contributed by atoms with E-state index in [4.69, 9.17) is 5.73 Å². The van der Waals surface area contributed by atoms with Crippen LogP contribution in [0.15, 0.2) is 30.5 Å². The zero-order valence-corrected chi connectivity index (χ0v) is 11.5. The molecule has 3 heteroatoms. The van der Waals surface area contributed by atoms with Crippen LogP contribution in [0.5, 0.6) is 0 Å². The van der Waals surface area contributed by atoms with Gasteiger partial charge >= 0.3 is 0 Å². The third-order valence-electron chi connectivity index (χ3n) is 3.54. The topological polar surface area (TPSA) is 30.9 Å². The summed E-state index contributed by atoms with van der Waals surface area (Å²) < 4.78 is 2.16. The van der Waals surface area contributed by atoms with Gasteiger partial charge in [0.05, 0.1) is 0 Å². The van der Waals surface area contributed by atoms with Crippen molar-refractivity contribution in [1.82, 2.24) is 4.57 Å². The van der Waals surface area contributed by atoms with Crippen LogP contribution >= 0.6 is 12.4 Å². The maximum absolute atomic E-state index is 6.32. The molecule has 1 aromatic carbocycles. The molecule has 0 aliphatic rings. The Morgan fingerprint density at radius 1 is 1.29 bits per heavy atom. The van der Waals surface area contributed by atoms with Gasteiger partial charge in [0.15, 0.2) is 0 Å². The standard InChI is InChI=1S/C14H20N2.ClH/c1-4-10(2)14(15)12-9-16(3)13-8-6-5-7-11(12)13;/h5-10,14H,4,15H2,1-3H3;1H/t10?,14-;/m1./s1. The van der Waals surface area contributed by atoms with Gasteiger partial charge in [-0.2, -0.15) is 0 Å². The van der Waals surface area contributed by atoms with Gasteiger partial charge in [0.1, 0.15) is 0 Å². The molecule has 1 heterocycles. The molecular formula is C14H21ClN2. The molecule has 94 valence electrons. The number of para-hydroxylation sites is 1. The fraction of sp³-hybridized carbons (Fsp3) is 0.429. The first-order valence-electron chi connectivity index (χ1n) is 5.94. The minimum absolute atomic E-state index is 0. The summed E-state index contributed by atoms with van der Waals surface area (Å²) in [5.41, 5.74) is 8.85. The number of benzene rings is 1. The molecule has 0 saturated carbocycles. The van der Waals surface area contributed by atoms with Crippen LogP contribution in [0, 0.1) is 5.92 Å². The maximum Gasteiger partial charge on any atom is 0.0481 e. The quantitative estimate of drug-likeness (QED) is 0.888.